The van der Waals surface area contributed by atoms with Crippen LogP contribution in [0.2, 0.25) is 0 Å². The van der Waals surface area contributed by atoms with Crippen LogP contribution in [0.15, 0.2) is 42.5 Å². The monoisotopic (exact) mass is 461 g/mol. The Morgan fingerprint density at radius 2 is 1.48 bits per heavy atom. The van der Waals surface area contributed by atoms with E-state index in [0.29, 0.717) is 22.9 Å². The molecule has 2 aromatic rings. The first-order chi connectivity index (χ1) is 15.5. The molecule has 0 saturated carbocycles. The SMILES string of the molecule is COc1cccc(NC(=O)CN(C)CC(=O)Nc2cc(C)ccc2OC)c1.O=C(O)C(=O)O. The molecule has 0 saturated heterocycles. The van der Waals surface area contributed by atoms with Gasteiger partial charge in [-0.2, -0.15) is 0 Å². The van der Waals surface area contributed by atoms with E-state index in [-0.39, 0.29) is 24.9 Å². The van der Waals surface area contributed by atoms with E-state index >= 15 is 0 Å². The maximum Gasteiger partial charge on any atom is 0.414 e. The number of carboxylic acids is 2. The molecule has 2 amide bonds. The van der Waals surface area contributed by atoms with Gasteiger partial charge in [-0.05, 0) is 43.8 Å². The predicted octanol–water partition coefficient (Wildman–Crippen LogP) is 1.68. The summed E-state index contributed by atoms with van der Waals surface area (Å²) in [7, 11) is 4.82. The molecule has 2 aromatic carbocycles. The summed E-state index contributed by atoms with van der Waals surface area (Å²) in [5, 5.41) is 20.4. The zero-order chi connectivity index (χ0) is 25.0. The number of likely N-dealkylation sites (N-methyl/N-ethyl adjacent to an activating group) is 1. The van der Waals surface area contributed by atoms with Crippen molar-refractivity contribution in [2.75, 3.05) is 45.0 Å². The number of ether oxygens (including phenoxy) is 2. The van der Waals surface area contributed by atoms with Gasteiger partial charge in [0.2, 0.25) is 11.8 Å². The number of benzene rings is 2. The zero-order valence-electron chi connectivity index (χ0n) is 18.7. The van der Waals surface area contributed by atoms with Crippen molar-refractivity contribution in [3.05, 3.63) is 48.0 Å². The van der Waals surface area contributed by atoms with Crippen LogP contribution in [0, 0.1) is 6.92 Å². The highest BCUT2D eigenvalue weighted by molar-refractivity contribution is 6.27. The van der Waals surface area contributed by atoms with E-state index < -0.39 is 11.9 Å². The molecular weight excluding hydrogens is 434 g/mol. The molecule has 0 spiro atoms. The summed E-state index contributed by atoms with van der Waals surface area (Å²) in [6.07, 6.45) is 0. The van der Waals surface area contributed by atoms with Crippen LogP contribution in [-0.2, 0) is 19.2 Å². The molecule has 0 radical (unpaired) electrons. The summed E-state index contributed by atoms with van der Waals surface area (Å²) >= 11 is 0. The van der Waals surface area contributed by atoms with Gasteiger partial charge in [0.15, 0.2) is 0 Å². The maximum atomic E-state index is 12.3. The van der Waals surface area contributed by atoms with E-state index in [0.717, 1.165) is 5.56 Å². The van der Waals surface area contributed by atoms with Crippen LogP contribution in [0.1, 0.15) is 5.56 Å². The molecule has 0 fully saturated rings. The van der Waals surface area contributed by atoms with Crippen molar-refractivity contribution in [3.8, 4) is 11.5 Å². The van der Waals surface area contributed by atoms with Gasteiger partial charge in [-0.15, -0.1) is 0 Å². The lowest BCUT2D eigenvalue weighted by Gasteiger charge is -2.17. The maximum absolute atomic E-state index is 12.3. The van der Waals surface area contributed by atoms with Gasteiger partial charge in [0.25, 0.3) is 0 Å². The predicted molar refractivity (Wildman–Crippen MR) is 121 cm³/mol. The third kappa shape index (κ3) is 10.2. The molecule has 33 heavy (non-hydrogen) atoms. The number of aliphatic carboxylic acids is 2. The topological polar surface area (TPSA) is 154 Å². The smallest absolute Gasteiger partial charge is 0.414 e. The summed E-state index contributed by atoms with van der Waals surface area (Å²) in [5.74, 6) is -2.84. The number of carboxylic acid groups (broad SMARTS) is 2. The molecule has 11 nitrogen and oxygen atoms in total. The summed E-state index contributed by atoms with van der Waals surface area (Å²) in [4.78, 5) is 44.3. The molecule has 0 aliphatic carbocycles. The quantitative estimate of drug-likeness (QED) is 0.430. The minimum absolute atomic E-state index is 0.0721. The molecular formula is C22H27N3O8. The number of nitrogens with one attached hydrogen (secondary N) is 2. The lowest BCUT2D eigenvalue weighted by atomic mass is 10.2. The van der Waals surface area contributed by atoms with Gasteiger partial charge in [-0.3, -0.25) is 14.5 Å². The average molecular weight is 461 g/mol. The summed E-state index contributed by atoms with van der Waals surface area (Å²) in [6, 6.07) is 12.6. The Kier molecular flexibility index (Phi) is 10.9. The van der Waals surface area contributed by atoms with Gasteiger partial charge in [0.05, 0.1) is 33.0 Å². The number of hydrogen-bond acceptors (Lipinski definition) is 7. The molecule has 0 unspecified atom stereocenters. The number of carbonyl (C=O) groups excluding carboxylic acids is 2. The fraction of sp³-hybridized carbons (Fsp3) is 0.273. The Bertz CT molecular complexity index is 981. The largest absolute Gasteiger partial charge is 0.497 e. The van der Waals surface area contributed by atoms with E-state index in [1.807, 2.05) is 19.1 Å². The van der Waals surface area contributed by atoms with Crippen LogP contribution in [0.4, 0.5) is 11.4 Å². The average Bonchev–Trinajstić information content (AvgIpc) is 2.74. The second-order valence-electron chi connectivity index (χ2n) is 6.81. The number of hydrogen-bond donors (Lipinski definition) is 4. The second kappa shape index (κ2) is 13.3. The van der Waals surface area contributed by atoms with Crippen molar-refractivity contribution in [1.82, 2.24) is 4.90 Å². The number of rotatable bonds is 8. The van der Waals surface area contributed by atoms with Crippen LogP contribution >= 0.6 is 0 Å². The molecule has 0 atom stereocenters. The first kappa shape index (κ1) is 26.9. The number of methoxy groups -OCH3 is 2. The highest BCUT2D eigenvalue weighted by atomic mass is 16.5. The molecule has 4 N–H and O–H groups in total. The number of nitrogens with zero attached hydrogens (tertiary/aromatic N) is 1. The Hall–Kier alpha value is -4.12. The fourth-order valence-corrected chi connectivity index (χ4v) is 2.56. The Labute approximate surface area is 190 Å². The molecule has 178 valence electrons. The van der Waals surface area contributed by atoms with Crippen molar-refractivity contribution < 1.29 is 38.9 Å². The van der Waals surface area contributed by atoms with Crippen LogP contribution < -0.4 is 20.1 Å². The lowest BCUT2D eigenvalue weighted by molar-refractivity contribution is -0.159. The van der Waals surface area contributed by atoms with E-state index in [2.05, 4.69) is 10.6 Å². The van der Waals surface area contributed by atoms with Crippen molar-refractivity contribution in [1.29, 1.82) is 0 Å². The summed E-state index contributed by atoms with van der Waals surface area (Å²) in [6.45, 7) is 2.09. The van der Waals surface area contributed by atoms with Gasteiger partial charge in [-0.1, -0.05) is 12.1 Å². The third-order valence-electron chi connectivity index (χ3n) is 3.99. The van der Waals surface area contributed by atoms with Crippen molar-refractivity contribution in [2.45, 2.75) is 6.92 Å². The lowest BCUT2D eigenvalue weighted by Crippen LogP contribution is -2.36. The van der Waals surface area contributed by atoms with E-state index in [1.165, 1.54) is 0 Å². The van der Waals surface area contributed by atoms with Gasteiger partial charge >= 0.3 is 11.9 Å². The molecule has 0 aromatic heterocycles. The van der Waals surface area contributed by atoms with Crippen LogP contribution in [0.5, 0.6) is 11.5 Å². The van der Waals surface area contributed by atoms with E-state index in [4.69, 9.17) is 29.3 Å². The van der Waals surface area contributed by atoms with E-state index in [9.17, 15) is 9.59 Å². The number of aryl methyl sites for hydroxylation is 1. The van der Waals surface area contributed by atoms with Crippen molar-refractivity contribution >= 4 is 35.1 Å². The first-order valence-electron chi connectivity index (χ1n) is 9.58. The van der Waals surface area contributed by atoms with Gasteiger partial charge in [0.1, 0.15) is 11.5 Å². The van der Waals surface area contributed by atoms with Crippen molar-refractivity contribution in [3.63, 3.8) is 0 Å². The van der Waals surface area contributed by atoms with Crippen LogP contribution in [0.25, 0.3) is 0 Å². The van der Waals surface area contributed by atoms with E-state index in [1.54, 1.807) is 56.5 Å². The highest BCUT2D eigenvalue weighted by Crippen LogP contribution is 2.25. The number of anilines is 2. The molecule has 0 heterocycles. The standard InChI is InChI=1S/C20H25N3O4.C2H2O4/c1-14-8-9-18(27-4)17(10-14)22-20(25)13-23(2)12-19(24)21-15-6-5-7-16(11-15)26-3;3-1(4)2(5)6/h5-11H,12-13H2,1-4H3,(H,21,24)(H,22,25);(H,3,4)(H,5,6). The molecule has 0 aliphatic rings. The van der Waals surface area contributed by atoms with Crippen LogP contribution in [0.3, 0.4) is 0 Å². The minimum atomic E-state index is -1.82. The third-order valence-corrected chi connectivity index (χ3v) is 3.99. The molecule has 0 bridgehead atoms. The van der Waals surface area contributed by atoms with Gasteiger partial charge in [0, 0.05) is 11.8 Å². The first-order valence-corrected chi connectivity index (χ1v) is 9.58. The molecule has 0 aliphatic heterocycles. The number of carbonyl (C=O) groups is 4. The second-order valence-corrected chi connectivity index (χ2v) is 6.81. The van der Waals surface area contributed by atoms with Crippen molar-refractivity contribution in [2.24, 2.45) is 0 Å². The normalized spacial score (nSPS) is 9.85. The van der Waals surface area contributed by atoms with Gasteiger partial charge < -0.3 is 30.3 Å². The Morgan fingerprint density at radius 3 is 2.03 bits per heavy atom. The van der Waals surface area contributed by atoms with Crippen LogP contribution in [-0.4, -0.2) is 73.2 Å². The Balaban J connectivity index is 0.000000801. The molecule has 2 rings (SSSR count). The highest BCUT2D eigenvalue weighted by Gasteiger charge is 2.13. The summed E-state index contributed by atoms with van der Waals surface area (Å²) in [5.41, 5.74) is 2.26. The number of amides is 2. The molecule has 11 heteroatoms. The summed E-state index contributed by atoms with van der Waals surface area (Å²) < 4.78 is 10.4. The zero-order valence-corrected chi connectivity index (χ0v) is 18.7. The Morgan fingerprint density at radius 1 is 0.879 bits per heavy atom. The fourth-order valence-electron chi connectivity index (χ4n) is 2.56. The minimum Gasteiger partial charge on any atom is -0.497 e. The van der Waals surface area contributed by atoms with Gasteiger partial charge in [-0.25, -0.2) is 9.59 Å².